The molecule has 0 fully saturated rings. The maximum atomic E-state index is 13.5. The Morgan fingerprint density at radius 1 is 1.30 bits per heavy atom. The third kappa shape index (κ3) is 3.94. The molecule has 2 nitrogen and oxygen atoms in total. The number of aryl methyl sites for hydroxylation is 2. The first-order valence-corrected chi connectivity index (χ1v) is 7.22. The molecule has 1 heterocycles. The van der Waals surface area contributed by atoms with Crippen molar-refractivity contribution < 1.29 is 8.81 Å². The van der Waals surface area contributed by atoms with Gasteiger partial charge >= 0.3 is 0 Å². The van der Waals surface area contributed by atoms with Gasteiger partial charge in [-0.25, -0.2) is 4.39 Å². The zero-order valence-corrected chi connectivity index (χ0v) is 12.2. The standard InChI is InChI=1S/C17H22FNO/c1-3-10-19-17(9-8-15-5-4-11-20-15)16-12-14(18)7-6-13(16)2/h4-7,11-12,17,19H,3,8-10H2,1-2H3. The molecular weight excluding hydrogens is 253 g/mol. The van der Waals surface area contributed by atoms with Gasteiger partial charge in [0.25, 0.3) is 0 Å². The molecule has 20 heavy (non-hydrogen) atoms. The molecule has 0 bridgehead atoms. The Kier molecular flexibility index (Phi) is 5.36. The third-order valence-corrected chi connectivity index (χ3v) is 3.52. The van der Waals surface area contributed by atoms with E-state index in [1.54, 1.807) is 12.3 Å². The fourth-order valence-corrected chi connectivity index (χ4v) is 2.41. The van der Waals surface area contributed by atoms with Gasteiger partial charge < -0.3 is 9.73 Å². The molecule has 0 aliphatic carbocycles. The highest BCUT2D eigenvalue weighted by Gasteiger charge is 2.14. The van der Waals surface area contributed by atoms with Crippen LogP contribution < -0.4 is 5.32 Å². The number of benzene rings is 1. The maximum Gasteiger partial charge on any atom is 0.123 e. The van der Waals surface area contributed by atoms with E-state index < -0.39 is 0 Å². The molecule has 2 rings (SSSR count). The van der Waals surface area contributed by atoms with E-state index in [1.807, 2.05) is 25.1 Å². The first-order chi connectivity index (χ1) is 9.70. The lowest BCUT2D eigenvalue weighted by atomic mass is 9.96. The first kappa shape index (κ1) is 14.8. The zero-order chi connectivity index (χ0) is 14.4. The van der Waals surface area contributed by atoms with Gasteiger partial charge in [-0.1, -0.05) is 13.0 Å². The Bertz CT molecular complexity index is 522. The molecule has 1 unspecified atom stereocenters. The molecule has 0 aliphatic heterocycles. The molecule has 1 atom stereocenters. The van der Waals surface area contributed by atoms with Crippen molar-refractivity contribution in [1.29, 1.82) is 0 Å². The molecule has 1 aromatic heterocycles. The summed E-state index contributed by atoms with van der Waals surface area (Å²) in [6, 6.07) is 9.05. The third-order valence-electron chi connectivity index (χ3n) is 3.52. The summed E-state index contributed by atoms with van der Waals surface area (Å²) in [5, 5.41) is 3.51. The minimum absolute atomic E-state index is 0.163. The smallest absolute Gasteiger partial charge is 0.123 e. The molecule has 2 aromatic rings. The van der Waals surface area contributed by atoms with E-state index in [-0.39, 0.29) is 11.9 Å². The second kappa shape index (κ2) is 7.25. The molecule has 0 spiro atoms. The number of hydrogen-bond acceptors (Lipinski definition) is 2. The quantitative estimate of drug-likeness (QED) is 0.810. The summed E-state index contributed by atoms with van der Waals surface area (Å²) >= 11 is 0. The minimum atomic E-state index is -0.174. The average Bonchev–Trinajstić information content (AvgIpc) is 2.95. The van der Waals surface area contributed by atoms with E-state index in [1.165, 1.54) is 6.07 Å². The Hall–Kier alpha value is -1.61. The lowest BCUT2D eigenvalue weighted by Gasteiger charge is -2.20. The summed E-state index contributed by atoms with van der Waals surface area (Å²) in [7, 11) is 0. The van der Waals surface area contributed by atoms with E-state index in [2.05, 4.69) is 12.2 Å². The van der Waals surface area contributed by atoms with Crippen LogP contribution in [0.5, 0.6) is 0 Å². The van der Waals surface area contributed by atoms with E-state index in [9.17, 15) is 4.39 Å². The monoisotopic (exact) mass is 275 g/mol. The molecule has 0 saturated carbocycles. The van der Waals surface area contributed by atoms with Crippen LogP contribution in [0, 0.1) is 12.7 Å². The van der Waals surface area contributed by atoms with E-state index >= 15 is 0 Å². The van der Waals surface area contributed by atoms with Crippen LogP contribution in [0.25, 0.3) is 0 Å². The van der Waals surface area contributed by atoms with Crippen LogP contribution in [0.15, 0.2) is 41.0 Å². The average molecular weight is 275 g/mol. The Morgan fingerprint density at radius 3 is 2.85 bits per heavy atom. The second-order valence-electron chi connectivity index (χ2n) is 5.13. The number of hydrogen-bond donors (Lipinski definition) is 1. The fourth-order valence-electron chi connectivity index (χ4n) is 2.41. The lowest BCUT2D eigenvalue weighted by Crippen LogP contribution is -2.23. The summed E-state index contributed by atoms with van der Waals surface area (Å²) in [5.74, 6) is 0.800. The Labute approximate surface area is 120 Å². The van der Waals surface area contributed by atoms with Gasteiger partial charge in [-0.2, -0.15) is 0 Å². The second-order valence-corrected chi connectivity index (χ2v) is 5.13. The van der Waals surface area contributed by atoms with Gasteiger partial charge in [0.2, 0.25) is 0 Å². The van der Waals surface area contributed by atoms with Crippen molar-refractivity contribution in [2.75, 3.05) is 6.54 Å². The highest BCUT2D eigenvalue weighted by molar-refractivity contribution is 5.29. The summed E-state index contributed by atoms with van der Waals surface area (Å²) < 4.78 is 18.9. The molecule has 1 N–H and O–H groups in total. The minimum Gasteiger partial charge on any atom is -0.469 e. The van der Waals surface area contributed by atoms with Gasteiger partial charge in [-0.3, -0.25) is 0 Å². The van der Waals surface area contributed by atoms with Gasteiger partial charge in [0, 0.05) is 12.5 Å². The van der Waals surface area contributed by atoms with Crippen molar-refractivity contribution in [2.24, 2.45) is 0 Å². The first-order valence-electron chi connectivity index (χ1n) is 7.22. The highest BCUT2D eigenvalue weighted by Crippen LogP contribution is 2.23. The van der Waals surface area contributed by atoms with Gasteiger partial charge in [0.15, 0.2) is 0 Å². The fraction of sp³-hybridized carbons (Fsp3) is 0.412. The predicted octanol–water partition coefficient (Wildman–Crippen LogP) is 4.40. The van der Waals surface area contributed by atoms with Gasteiger partial charge in [0.1, 0.15) is 11.6 Å². The topological polar surface area (TPSA) is 25.2 Å². The van der Waals surface area contributed by atoms with Crippen LogP contribution in [0.3, 0.4) is 0 Å². The van der Waals surface area contributed by atoms with Crippen LogP contribution in [-0.2, 0) is 6.42 Å². The van der Waals surface area contributed by atoms with Crippen molar-refractivity contribution in [3.63, 3.8) is 0 Å². The number of rotatable bonds is 7. The largest absolute Gasteiger partial charge is 0.469 e. The lowest BCUT2D eigenvalue weighted by molar-refractivity contribution is 0.450. The molecule has 108 valence electrons. The van der Waals surface area contributed by atoms with Crippen molar-refractivity contribution in [3.8, 4) is 0 Å². The molecular formula is C17H22FNO. The van der Waals surface area contributed by atoms with Crippen LogP contribution in [0.2, 0.25) is 0 Å². The van der Waals surface area contributed by atoms with Crippen LogP contribution in [0.1, 0.15) is 42.7 Å². The van der Waals surface area contributed by atoms with Gasteiger partial charge in [-0.15, -0.1) is 0 Å². The maximum absolute atomic E-state index is 13.5. The Balaban J connectivity index is 2.11. The molecule has 0 saturated heterocycles. The van der Waals surface area contributed by atoms with Gasteiger partial charge in [0.05, 0.1) is 6.26 Å². The molecule has 1 aromatic carbocycles. The van der Waals surface area contributed by atoms with E-state index in [0.717, 1.165) is 42.7 Å². The SMILES string of the molecule is CCCNC(CCc1ccco1)c1cc(F)ccc1C. The van der Waals surface area contributed by atoms with E-state index in [0.29, 0.717) is 0 Å². The summed E-state index contributed by atoms with van der Waals surface area (Å²) in [6.07, 6.45) is 4.50. The van der Waals surface area contributed by atoms with Crippen LogP contribution in [0.4, 0.5) is 4.39 Å². The van der Waals surface area contributed by atoms with Crippen LogP contribution >= 0.6 is 0 Å². The summed E-state index contributed by atoms with van der Waals surface area (Å²) in [4.78, 5) is 0. The van der Waals surface area contributed by atoms with Crippen molar-refractivity contribution in [3.05, 3.63) is 59.3 Å². The summed E-state index contributed by atoms with van der Waals surface area (Å²) in [5.41, 5.74) is 2.17. The van der Waals surface area contributed by atoms with Crippen molar-refractivity contribution >= 4 is 0 Å². The highest BCUT2D eigenvalue weighted by atomic mass is 19.1. The molecule has 3 heteroatoms. The Morgan fingerprint density at radius 2 is 2.15 bits per heavy atom. The summed E-state index contributed by atoms with van der Waals surface area (Å²) in [6.45, 7) is 5.09. The zero-order valence-electron chi connectivity index (χ0n) is 12.2. The molecule has 0 aliphatic rings. The molecule has 0 amide bonds. The normalized spacial score (nSPS) is 12.6. The number of halogens is 1. The van der Waals surface area contributed by atoms with Gasteiger partial charge in [-0.05, 0) is 61.7 Å². The van der Waals surface area contributed by atoms with Crippen molar-refractivity contribution in [1.82, 2.24) is 5.32 Å². The van der Waals surface area contributed by atoms with E-state index in [4.69, 9.17) is 4.42 Å². The number of nitrogens with one attached hydrogen (secondary N) is 1. The number of furan rings is 1. The van der Waals surface area contributed by atoms with Crippen LogP contribution in [-0.4, -0.2) is 6.54 Å². The van der Waals surface area contributed by atoms with Crippen molar-refractivity contribution in [2.45, 2.75) is 39.2 Å². The molecule has 0 radical (unpaired) electrons. The predicted molar refractivity (Wildman–Crippen MR) is 79.2 cm³/mol.